The van der Waals surface area contributed by atoms with Crippen LogP contribution in [0.5, 0.6) is 0 Å². The lowest BCUT2D eigenvalue weighted by Crippen LogP contribution is -2.13. The van der Waals surface area contributed by atoms with Gasteiger partial charge < -0.3 is 4.52 Å². The molecule has 0 aliphatic heterocycles. The van der Waals surface area contributed by atoms with Gasteiger partial charge in [0.25, 0.3) is 0 Å². The van der Waals surface area contributed by atoms with Crippen LogP contribution in [0.4, 0.5) is 0 Å². The highest BCUT2D eigenvalue weighted by Crippen LogP contribution is 2.41. The minimum atomic E-state index is -0.0486. The van der Waals surface area contributed by atoms with Gasteiger partial charge in [-0.1, -0.05) is 81.4 Å². The fraction of sp³-hybridized carbons (Fsp3) is 0.167. The minimum absolute atomic E-state index is 0.0486. The molecule has 0 saturated carbocycles. The zero-order valence-electron chi connectivity index (χ0n) is 15.8. The van der Waals surface area contributed by atoms with E-state index in [4.69, 9.17) is 4.52 Å². The molecule has 0 atom stereocenters. The van der Waals surface area contributed by atoms with Gasteiger partial charge in [0.15, 0.2) is 6.26 Å². The molecule has 0 aliphatic rings. The molecule has 0 radical (unpaired) electrons. The summed E-state index contributed by atoms with van der Waals surface area (Å²) in [5.74, 6) is 0. The second-order valence-electron chi connectivity index (χ2n) is 7.72. The van der Waals surface area contributed by atoms with Gasteiger partial charge in [0, 0.05) is 10.8 Å². The maximum absolute atomic E-state index is 5.04. The summed E-state index contributed by atoms with van der Waals surface area (Å²) in [6.07, 6.45) is 1.61. The van der Waals surface area contributed by atoms with Crippen LogP contribution < -0.4 is 0 Å². The number of aromatic nitrogens is 2. The highest BCUT2D eigenvalue weighted by atomic mass is 16.5. The normalized spacial score (nSPS) is 11.5. The summed E-state index contributed by atoms with van der Waals surface area (Å²) in [6.45, 7) is 6.66. The number of nitrogens with zero attached hydrogens (tertiary/aromatic N) is 2. The van der Waals surface area contributed by atoms with Gasteiger partial charge in [-0.15, -0.1) is 5.10 Å². The Bertz CT molecular complexity index is 1030. The van der Waals surface area contributed by atoms with Crippen molar-refractivity contribution in [1.82, 2.24) is 10.4 Å². The standard InChI is InChI=1S/C24H22N2O/c1-24(2,3)22-15-20(18-12-8-5-9-13-18)19(17-10-6-4-7-11-17)14-21(22)23-16-27-26-25-23/h4-16H,1-3H3. The summed E-state index contributed by atoms with van der Waals surface area (Å²) in [5, 5.41) is 7.86. The minimum Gasteiger partial charge on any atom is -0.345 e. The van der Waals surface area contributed by atoms with Crippen LogP contribution in [0, 0.1) is 0 Å². The molecule has 27 heavy (non-hydrogen) atoms. The zero-order chi connectivity index (χ0) is 18.9. The molecule has 4 aromatic rings. The van der Waals surface area contributed by atoms with Crippen molar-refractivity contribution in [3.63, 3.8) is 0 Å². The first-order chi connectivity index (χ1) is 13.0. The topological polar surface area (TPSA) is 38.9 Å². The third-order valence-electron chi connectivity index (χ3n) is 4.77. The van der Waals surface area contributed by atoms with E-state index in [0.29, 0.717) is 0 Å². The second kappa shape index (κ2) is 6.84. The summed E-state index contributed by atoms with van der Waals surface area (Å²) >= 11 is 0. The van der Waals surface area contributed by atoms with Gasteiger partial charge in [0.1, 0.15) is 5.69 Å². The quantitative estimate of drug-likeness (QED) is 0.429. The van der Waals surface area contributed by atoms with E-state index >= 15 is 0 Å². The molecule has 0 amide bonds. The molecule has 0 N–H and O–H groups in total. The van der Waals surface area contributed by atoms with Crippen LogP contribution in [0.3, 0.4) is 0 Å². The third kappa shape index (κ3) is 3.41. The lowest BCUT2D eigenvalue weighted by atomic mass is 9.79. The zero-order valence-corrected chi connectivity index (χ0v) is 15.8. The molecule has 1 aromatic heterocycles. The molecule has 0 saturated heterocycles. The Kier molecular flexibility index (Phi) is 4.36. The van der Waals surface area contributed by atoms with Crippen molar-refractivity contribution in [2.75, 3.05) is 0 Å². The van der Waals surface area contributed by atoms with E-state index in [1.54, 1.807) is 6.26 Å². The van der Waals surface area contributed by atoms with Crippen LogP contribution >= 0.6 is 0 Å². The first kappa shape index (κ1) is 17.2. The van der Waals surface area contributed by atoms with Gasteiger partial charge in [-0.2, -0.15) is 0 Å². The van der Waals surface area contributed by atoms with Crippen molar-refractivity contribution in [2.24, 2.45) is 0 Å². The van der Waals surface area contributed by atoms with Crippen molar-refractivity contribution < 1.29 is 4.52 Å². The molecule has 1 heterocycles. The summed E-state index contributed by atoms with van der Waals surface area (Å²) in [5.41, 5.74) is 7.75. The highest BCUT2D eigenvalue weighted by Gasteiger charge is 2.23. The third-order valence-corrected chi connectivity index (χ3v) is 4.77. The van der Waals surface area contributed by atoms with Crippen molar-refractivity contribution in [2.45, 2.75) is 26.2 Å². The fourth-order valence-electron chi connectivity index (χ4n) is 3.43. The Morgan fingerprint density at radius 2 is 1.26 bits per heavy atom. The molecule has 0 unspecified atom stereocenters. The molecule has 3 aromatic carbocycles. The van der Waals surface area contributed by atoms with Gasteiger partial charge in [0.2, 0.25) is 0 Å². The number of rotatable bonds is 3. The van der Waals surface area contributed by atoms with Crippen molar-refractivity contribution in [3.05, 3.63) is 84.6 Å². The van der Waals surface area contributed by atoms with Crippen molar-refractivity contribution >= 4 is 0 Å². The van der Waals surface area contributed by atoms with E-state index < -0.39 is 0 Å². The van der Waals surface area contributed by atoms with Gasteiger partial charge in [0.05, 0.1) is 0 Å². The summed E-state index contributed by atoms with van der Waals surface area (Å²) < 4.78 is 5.04. The molecule has 3 heteroatoms. The maximum atomic E-state index is 5.04. The van der Waals surface area contributed by atoms with Crippen LogP contribution in [0.25, 0.3) is 33.5 Å². The Balaban J connectivity index is 2.06. The average molecular weight is 354 g/mol. The Labute approximate surface area is 159 Å². The lowest BCUT2D eigenvalue weighted by Gasteiger charge is -2.25. The van der Waals surface area contributed by atoms with Gasteiger partial charge in [-0.3, -0.25) is 0 Å². The van der Waals surface area contributed by atoms with Gasteiger partial charge in [-0.05, 0) is 45.4 Å². The van der Waals surface area contributed by atoms with Gasteiger partial charge in [-0.25, -0.2) is 0 Å². The first-order valence-corrected chi connectivity index (χ1v) is 9.11. The molecular weight excluding hydrogens is 332 g/mol. The van der Waals surface area contributed by atoms with E-state index in [2.05, 4.69) is 91.8 Å². The van der Waals surface area contributed by atoms with E-state index in [-0.39, 0.29) is 5.41 Å². The number of hydrogen-bond donors (Lipinski definition) is 0. The Morgan fingerprint density at radius 1 is 0.704 bits per heavy atom. The van der Waals surface area contributed by atoms with E-state index in [0.717, 1.165) is 11.3 Å². The molecule has 0 spiro atoms. The largest absolute Gasteiger partial charge is 0.345 e. The van der Waals surface area contributed by atoms with Gasteiger partial charge >= 0.3 is 0 Å². The van der Waals surface area contributed by atoms with E-state index in [1.807, 2.05) is 12.1 Å². The predicted molar refractivity (Wildman–Crippen MR) is 109 cm³/mol. The Hall–Kier alpha value is -3.20. The molecule has 0 fully saturated rings. The summed E-state index contributed by atoms with van der Waals surface area (Å²) in [4.78, 5) is 0. The number of benzene rings is 3. The van der Waals surface area contributed by atoms with Crippen LogP contribution in [0.2, 0.25) is 0 Å². The molecule has 3 nitrogen and oxygen atoms in total. The summed E-state index contributed by atoms with van der Waals surface area (Å²) in [6, 6.07) is 25.5. The lowest BCUT2D eigenvalue weighted by molar-refractivity contribution is 0.393. The molecule has 134 valence electrons. The molecule has 0 bridgehead atoms. The molecule has 0 aliphatic carbocycles. The smallest absolute Gasteiger partial charge is 0.152 e. The van der Waals surface area contributed by atoms with Crippen LogP contribution in [-0.2, 0) is 5.41 Å². The Morgan fingerprint density at radius 3 is 1.74 bits per heavy atom. The predicted octanol–water partition coefficient (Wildman–Crippen LogP) is 6.37. The van der Waals surface area contributed by atoms with E-state index in [1.165, 1.54) is 27.8 Å². The number of hydrogen-bond acceptors (Lipinski definition) is 3. The monoisotopic (exact) mass is 354 g/mol. The molecule has 4 rings (SSSR count). The van der Waals surface area contributed by atoms with E-state index in [9.17, 15) is 0 Å². The van der Waals surface area contributed by atoms with Crippen LogP contribution in [0.1, 0.15) is 26.3 Å². The van der Waals surface area contributed by atoms with Crippen molar-refractivity contribution in [1.29, 1.82) is 0 Å². The summed E-state index contributed by atoms with van der Waals surface area (Å²) in [7, 11) is 0. The molecular formula is C24H22N2O. The van der Waals surface area contributed by atoms with Crippen molar-refractivity contribution in [3.8, 4) is 33.5 Å². The highest BCUT2D eigenvalue weighted by molar-refractivity contribution is 5.88. The second-order valence-corrected chi connectivity index (χ2v) is 7.72. The SMILES string of the molecule is CC(C)(C)c1cc(-c2ccccc2)c(-c2ccccc2)cc1-c1conn1. The fourth-order valence-corrected chi connectivity index (χ4v) is 3.43. The first-order valence-electron chi connectivity index (χ1n) is 9.11. The maximum Gasteiger partial charge on any atom is 0.152 e. The van der Waals surface area contributed by atoms with Crippen LogP contribution in [-0.4, -0.2) is 10.4 Å². The average Bonchev–Trinajstić information content (AvgIpc) is 3.22. The van der Waals surface area contributed by atoms with Crippen LogP contribution in [0.15, 0.2) is 83.6 Å².